The molecule has 1 rings (SSSR count). The van der Waals surface area contributed by atoms with E-state index in [1.165, 1.54) is 5.56 Å². The fourth-order valence-electron chi connectivity index (χ4n) is 1.38. The summed E-state index contributed by atoms with van der Waals surface area (Å²) >= 11 is 0. The van der Waals surface area contributed by atoms with Crippen LogP contribution < -0.4 is 4.90 Å². The molecule has 3 heteroatoms. The highest BCUT2D eigenvalue weighted by atomic mass is 16.4. The number of rotatable bonds is 4. The lowest BCUT2D eigenvalue weighted by molar-refractivity contribution is -0.136. The van der Waals surface area contributed by atoms with Gasteiger partial charge in [0.25, 0.3) is 0 Å². The maximum atomic E-state index is 10.4. The van der Waals surface area contributed by atoms with Crippen LogP contribution in [0.25, 0.3) is 0 Å². The zero-order valence-electron chi connectivity index (χ0n) is 8.53. The maximum absolute atomic E-state index is 10.4. The average Bonchev–Trinajstić information content (AvgIpc) is 2.15. The summed E-state index contributed by atoms with van der Waals surface area (Å²) in [7, 11) is 1.91. The molecular formula is C11H15NO2. The number of benzene rings is 1. The summed E-state index contributed by atoms with van der Waals surface area (Å²) in [6.45, 7) is 2.56. The summed E-state index contributed by atoms with van der Waals surface area (Å²) in [6, 6.07) is 7.95. The summed E-state index contributed by atoms with van der Waals surface area (Å²) in [6.07, 6.45) is 0.171. The second kappa shape index (κ2) is 4.65. The Labute approximate surface area is 84.0 Å². The Bertz CT molecular complexity index is 323. The van der Waals surface area contributed by atoms with Crippen LogP contribution in [0.1, 0.15) is 12.0 Å². The number of nitrogens with zero attached hydrogens (tertiary/aromatic N) is 1. The third-order valence-corrected chi connectivity index (χ3v) is 2.19. The van der Waals surface area contributed by atoms with Crippen LogP contribution in [0.4, 0.5) is 5.69 Å². The van der Waals surface area contributed by atoms with Gasteiger partial charge in [0.1, 0.15) is 0 Å². The predicted octanol–water partition coefficient (Wildman–Crippen LogP) is 1.91. The monoisotopic (exact) mass is 193 g/mol. The van der Waals surface area contributed by atoms with Crippen molar-refractivity contribution in [1.82, 2.24) is 0 Å². The van der Waals surface area contributed by atoms with Crippen LogP contribution in [-0.4, -0.2) is 24.7 Å². The molecule has 3 nitrogen and oxygen atoms in total. The van der Waals surface area contributed by atoms with Gasteiger partial charge in [-0.15, -0.1) is 0 Å². The van der Waals surface area contributed by atoms with Crippen molar-refractivity contribution in [3.8, 4) is 0 Å². The van der Waals surface area contributed by atoms with Crippen LogP contribution in [-0.2, 0) is 4.79 Å². The normalized spacial score (nSPS) is 9.86. The maximum Gasteiger partial charge on any atom is 0.305 e. The molecule has 0 aliphatic carbocycles. The molecule has 14 heavy (non-hydrogen) atoms. The van der Waals surface area contributed by atoms with E-state index < -0.39 is 5.97 Å². The summed E-state index contributed by atoms with van der Waals surface area (Å²) in [5, 5.41) is 8.55. The molecule has 0 atom stereocenters. The van der Waals surface area contributed by atoms with E-state index in [-0.39, 0.29) is 6.42 Å². The summed E-state index contributed by atoms with van der Waals surface area (Å²) in [5.74, 6) is -0.759. The molecule has 0 radical (unpaired) electrons. The largest absolute Gasteiger partial charge is 0.481 e. The number of carboxylic acids is 1. The van der Waals surface area contributed by atoms with Gasteiger partial charge in [-0.3, -0.25) is 4.79 Å². The molecule has 1 N–H and O–H groups in total. The van der Waals surface area contributed by atoms with Gasteiger partial charge >= 0.3 is 5.97 Å². The average molecular weight is 193 g/mol. The molecule has 0 aliphatic rings. The molecule has 0 unspecified atom stereocenters. The van der Waals surface area contributed by atoms with Gasteiger partial charge in [-0.05, 0) is 18.6 Å². The van der Waals surface area contributed by atoms with Crippen molar-refractivity contribution in [2.75, 3.05) is 18.5 Å². The topological polar surface area (TPSA) is 40.5 Å². The third kappa shape index (κ3) is 2.76. The molecule has 1 aromatic carbocycles. The molecule has 0 spiro atoms. The lowest BCUT2D eigenvalue weighted by Gasteiger charge is -2.20. The number of aliphatic carboxylic acids is 1. The van der Waals surface area contributed by atoms with Crippen molar-refractivity contribution in [2.24, 2.45) is 0 Å². The van der Waals surface area contributed by atoms with Gasteiger partial charge in [0, 0.05) is 19.3 Å². The number of anilines is 1. The van der Waals surface area contributed by atoms with Crippen LogP contribution in [0.2, 0.25) is 0 Å². The first-order valence-electron chi connectivity index (χ1n) is 4.60. The highest BCUT2D eigenvalue weighted by molar-refractivity contribution is 5.67. The SMILES string of the molecule is Cc1ccccc1N(C)CCC(=O)O. The second-order valence-corrected chi connectivity index (χ2v) is 3.35. The quantitative estimate of drug-likeness (QED) is 0.794. The van der Waals surface area contributed by atoms with Gasteiger partial charge in [0.2, 0.25) is 0 Å². The van der Waals surface area contributed by atoms with E-state index in [4.69, 9.17) is 5.11 Å². The predicted molar refractivity (Wildman–Crippen MR) is 56.7 cm³/mol. The Morgan fingerprint density at radius 2 is 2.07 bits per heavy atom. The van der Waals surface area contributed by atoms with E-state index >= 15 is 0 Å². The first-order chi connectivity index (χ1) is 6.61. The molecule has 0 aliphatic heterocycles. The first kappa shape index (κ1) is 10.6. The van der Waals surface area contributed by atoms with Crippen molar-refractivity contribution in [1.29, 1.82) is 0 Å². The minimum Gasteiger partial charge on any atom is -0.481 e. The highest BCUT2D eigenvalue weighted by Gasteiger charge is 2.05. The van der Waals surface area contributed by atoms with E-state index in [0.29, 0.717) is 6.54 Å². The van der Waals surface area contributed by atoms with Crippen LogP contribution in [0.15, 0.2) is 24.3 Å². The third-order valence-electron chi connectivity index (χ3n) is 2.19. The Morgan fingerprint density at radius 3 is 2.64 bits per heavy atom. The van der Waals surface area contributed by atoms with Gasteiger partial charge in [-0.1, -0.05) is 18.2 Å². The van der Waals surface area contributed by atoms with Crippen molar-refractivity contribution in [2.45, 2.75) is 13.3 Å². The second-order valence-electron chi connectivity index (χ2n) is 3.35. The smallest absolute Gasteiger partial charge is 0.305 e. The molecule has 0 aromatic heterocycles. The fourth-order valence-corrected chi connectivity index (χ4v) is 1.38. The van der Waals surface area contributed by atoms with Crippen LogP contribution in [0.3, 0.4) is 0 Å². The molecule has 0 bridgehead atoms. The van der Waals surface area contributed by atoms with Gasteiger partial charge in [-0.2, -0.15) is 0 Å². The molecule has 76 valence electrons. The molecule has 1 aromatic rings. The lowest BCUT2D eigenvalue weighted by atomic mass is 10.2. The minimum atomic E-state index is -0.759. The van der Waals surface area contributed by atoms with Crippen LogP contribution >= 0.6 is 0 Å². The number of hydrogen-bond acceptors (Lipinski definition) is 2. The Morgan fingerprint density at radius 1 is 1.43 bits per heavy atom. The molecule has 0 heterocycles. The minimum absolute atomic E-state index is 0.171. The zero-order valence-corrected chi connectivity index (χ0v) is 8.53. The highest BCUT2D eigenvalue weighted by Crippen LogP contribution is 2.17. The molecular weight excluding hydrogens is 178 g/mol. The number of carbonyl (C=O) groups is 1. The van der Waals surface area contributed by atoms with Gasteiger partial charge in [-0.25, -0.2) is 0 Å². The first-order valence-corrected chi connectivity index (χ1v) is 4.60. The Kier molecular flexibility index (Phi) is 3.51. The molecule has 0 fully saturated rings. The molecule has 0 amide bonds. The van der Waals surface area contributed by atoms with E-state index in [9.17, 15) is 4.79 Å². The number of hydrogen-bond donors (Lipinski definition) is 1. The fraction of sp³-hybridized carbons (Fsp3) is 0.364. The van der Waals surface area contributed by atoms with Crippen molar-refractivity contribution in [3.05, 3.63) is 29.8 Å². The van der Waals surface area contributed by atoms with E-state index in [1.54, 1.807) is 0 Å². The lowest BCUT2D eigenvalue weighted by Crippen LogP contribution is -2.21. The Balaban J connectivity index is 2.65. The molecule has 0 saturated carbocycles. The summed E-state index contributed by atoms with van der Waals surface area (Å²) in [5.41, 5.74) is 2.26. The number of aryl methyl sites for hydroxylation is 1. The van der Waals surface area contributed by atoms with Gasteiger partial charge in [0.05, 0.1) is 6.42 Å². The van der Waals surface area contributed by atoms with Gasteiger partial charge < -0.3 is 10.0 Å². The number of para-hydroxylation sites is 1. The van der Waals surface area contributed by atoms with Crippen LogP contribution in [0, 0.1) is 6.92 Å². The van der Waals surface area contributed by atoms with Crippen molar-refractivity contribution >= 4 is 11.7 Å². The summed E-state index contributed by atoms with van der Waals surface area (Å²) in [4.78, 5) is 12.4. The summed E-state index contributed by atoms with van der Waals surface area (Å²) < 4.78 is 0. The number of carboxylic acid groups (broad SMARTS) is 1. The van der Waals surface area contributed by atoms with Gasteiger partial charge in [0.15, 0.2) is 0 Å². The van der Waals surface area contributed by atoms with E-state index in [1.807, 2.05) is 43.1 Å². The van der Waals surface area contributed by atoms with Crippen LogP contribution in [0.5, 0.6) is 0 Å². The van der Waals surface area contributed by atoms with E-state index in [0.717, 1.165) is 5.69 Å². The van der Waals surface area contributed by atoms with Crippen molar-refractivity contribution in [3.63, 3.8) is 0 Å². The zero-order chi connectivity index (χ0) is 10.6. The standard InChI is InChI=1S/C11H15NO2/c1-9-5-3-4-6-10(9)12(2)8-7-11(13)14/h3-6H,7-8H2,1-2H3,(H,13,14). The van der Waals surface area contributed by atoms with E-state index in [2.05, 4.69) is 0 Å². The Hall–Kier alpha value is -1.51. The molecule has 0 saturated heterocycles. The van der Waals surface area contributed by atoms with Crippen molar-refractivity contribution < 1.29 is 9.90 Å².